The van der Waals surface area contributed by atoms with E-state index >= 15 is 0 Å². The molecule has 2 amide bonds. The second-order valence-corrected chi connectivity index (χ2v) is 5.09. The van der Waals surface area contributed by atoms with E-state index in [1.54, 1.807) is 24.0 Å². The van der Waals surface area contributed by atoms with Crippen molar-refractivity contribution in [2.45, 2.75) is 13.3 Å². The topological polar surface area (TPSA) is 58.6 Å². The highest BCUT2D eigenvalue weighted by Crippen LogP contribution is 2.25. The summed E-state index contributed by atoms with van der Waals surface area (Å²) in [5, 5.41) is 3.31. The van der Waals surface area contributed by atoms with Gasteiger partial charge in [-0.15, -0.1) is 0 Å². The highest BCUT2D eigenvalue weighted by Gasteiger charge is 2.30. The molecule has 0 bridgehead atoms. The molecule has 1 N–H and O–H groups in total. The molecule has 1 aliphatic heterocycles. The van der Waals surface area contributed by atoms with Crippen molar-refractivity contribution in [2.24, 2.45) is 5.92 Å². The predicted molar refractivity (Wildman–Crippen MR) is 76.9 cm³/mol. The van der Waals surface area contributed by atoms with Crippen LogP contribution in [0, 0.1) is 5.92 Å². The largest absolute Gasteiger partial charge is 0.450 e. The van der Waals surface area contributed by atoms with Crippen molar-refractivity contribution in [1.29, 1.82) is 0 Å². The molecule has 5 nitrogen and oxygen atoms in total. The number of anilines is 1. The van der Waals surface area contributed by atoms with Crippen LogP contribution in [-0.2, 0) is 9.53 Å². The third kappa shape index (κ3) is 3.63. The van der Waals surface area contributed by atoms with Crippen LogP contribution < -0.4 is 10.2 Å². The number of nitrogens with zero attached hydrogens (tertiary/aromatic N) is 1. The lowest BCUT2D eigenvalue weighted by molar-refractivity contribution is -0.117. The maximum atomic E-state index is 12.0. The zero-order valence-electron chi connectivity index (χ0n) is 11.3. The number of amides is 2. The van der Waals surface area contributed by atoms with Crippen LogP contribution in [0.3, 0.4) is 0 Å². The summed E-state index contributed by atoms with van der Waals surface area (Å²) in [6, 6.07) is 7.16. The minimum Gasteiger partial charge on any atom is -0.450 e. The normalized spacial score (nSPS) is 18.2. The van der Waals surface area contributed by atoms with Crippen LogP contribution in [0.5, 0.6) is 0 Å². The van der Waals surface area contributed by atoms with E-state index in [0.29, 0.717) is 31.1 Å². The Bertz CT molecular complexity index is 490. The first-order chi connectivity index (χ1) is 9.60. The number of alkyl carbamates (subject to hydrolysis) is 1. The van der Waals surface area contributed by atoms with Crippen LogP contribution in [0.1, 0.15) is 13.3 Å². The lowest BCUT2D eigenvalue weighted by atomic mass is 10.1. The molecule has 1 unspecified atom stereocenters. The summed E-state index contributed by atoms with van der Waals surface area (Å²) in [4.78, 5) is 24.9. The minimum absolute atomic E-state index is 0.0583. The molecule has 0 aliphatic carbocycles. The zero-order chi connectivity index (χ0) is 14.5. The quantitative estimate of drug-likeness (QED) is 0.928. The molecule has 1 heterocycles. The fraction of sp³-hybridized carbons (Fsp3) is 0.429. The molecule has 6 heteroatoms. The number of carbonyl (C=O) groups excluding carboxylic acids is 2. The first kappa shape index (κ1) is 14.7. The van der Waals surface area contributed by atoms with Crippen molar-refractivity contribution in [1.82, 2.24) is 5.32 Å². The van der Waals surface area contributed by atoms with Gasteiger partial charge in [0.25, 0.3) is 0 Å². The Balaban J connectivity index is 1.90. The van der Waals surface area contributed by atoms with Gasteiger partial charge >= 0.3 is 6.09 Å². The fourth-order valence-corrected chi connectivity index (χ4v) is 2.32. The van der Waals surface area contributed by atoms with E-state index in [2.05, 4.69) is 5.32 Å². The van der Waals surface area contributed by atoms with E-state index < -0.39 is 6.09 Å². The Morgan fingerprint density at radius 3 is 2.80 bits per heavy atom. The van der Waals surface area contributed by atoms with Gasteiger partial charge in [0.2, 0.25) is 5.91 Å². The molecule has 1 saturated heterocycles. The molecule has 0 spiro atoms. The Hall–Kier alpha value is -1.75. The lowest BCUT2D eigenvalue weighted by Crippen LogP contribution is -2.31. The first-order valence-electron chi connectivity index (χ1n) is 6.56. The second-order valence-electron chi connectivity index (χ2n) is 4.65. The highest BCUT2D eigenvalue weighted by molar-refractivity contribution is 6.30. The summed E-state index contributed by atoms with van der Waals surface area (Å²) in [6.07, 6.45) is -0.0143. The van der Waals surface area contributed by atoms with Gasteiger partial charge in [-0.3, -0.25) is 4.79 Å². The van der Waals surface area contributed by atoms with Gasteiger partial charge in [0.1, 0.15) is 0 Å². The third-order valence-electron chi connectivity index (χ3n) is 3.15. The van der Waals surface area contributed by atoms with Gasteiger partial charge < -0.3 is 15.0 Å². The van der Waals surface area contributed by atoms with Gasteiger partial charge in [0, 0.05) is 36.1 Å². The van der Waals surface area contributed by atoms with Crippen LogP contribution >= 0.6 is 11.6 Å². The molecular formula is C14H17ClN2O3. The number of benzene rings is 1. The van der Waals surface area contributed by atoms with Crippen LogP contribution in [0.15, 0.2) is 24.3 Å². The van der Waals surface area contributed by atoms with Crippen LogP contribution in [0.4, 0.5) is 10.5 Å². The summed E-state index contributed by atoms with van der Waals surface area (Å²) >= 11 is 5.83. The molecule has 1 fully saturated rings. The van der Waals surface area contributed by atoms with Crippen molar-refractivity contribution >= 4 is 29.3 Å². The summed E-state index contributed by atoms with van der Waals surface area (Å²) in [5.41, 5.74) is 0.832. The monoisotopic (exact) mass is 296 g/mol. The lowest BCUT2D eigenvalue weighted by Gasteiger charge is -2.17. The molecule has 1 aromatic carbocycles. The SMILES string of the molecule is CCOC(=O)NCC1CC(=O)N(c2ccc(Cl)cc2)C1. The van der Waals surface area contributed by atoms with Crippen molar-refractivity contribution in [3.05, 3.63) is 29.3 Å². The van der Waals surface area contributed by atoms with Crippen molar-refractivity contribution in [3.8, 4) is 0 Å². The molecule has 0 saturated carbocycles. The van der Waals surface area contributed by atoms with Gasteiger partial charge in [-0.25, -0.2) is 4.79 Å². The van der Waals surface area contributed by atoms with E-state index in [1.807, 2.05) is 12.1 Å². The molecule has 1 aromatic rings. The third-order valence-corrected chi connectivity index (χ3v) is 3.41. The van der Waals surface area contributed by atoms with E-state index in [0.717, 1.165) is 5.69 Å². The van der Waals surface area contributed by atoms with E-state index in [9.17, 15) is 9.59 Å². The zero-order valence-corrected chi connectivity index (χ0v) is 12.0. The number of hydrogen-bond acceptors (Lipinski definition) is 3. The molecular weight excluding hydrogens is 280 g/mol. The molecule has 2 rings (SSSR count). The molecule has 1 aliphatic rings. The number of rotatable bonds is 4. The summed E-state index contributed by atoms with van der Waals surface area (Å²) in [5.74, 6) is 0.158. The number of carbonyl (C=O) groups is 2. The maximum Gasteiger partial charge on any atom is 0.407 e. The Kier molecular flexibility index (Phi) is 4.84. The van der Waals surface area contributed by atoms with Gasteiger partial charge in [0.05, 0.1) is 6.61 Å². The number of halogens is 1. The van der Waals surface area contributed by atoms with E-state index in [1.165, 1.54) is 0 Å². The van der Waals surface area contributed by atoms with Crippen molar-refractivity contribution in [3.63, 3.8) is 0 Å². The number of ether oxygens (including phenoxy) is 1. The van der Waals surface area contributed by atoms with E-state index in [-0.39, 0.29) is 11.8 Å². The highest BCUT2D eigenvalue weighted by atomic mass is 35.5. The summed E-state index contributed by atoms with van der Waals surface area (Å²) < 4.78 is 4.79. The molecule has 1 atom stereocenters. The number of hydrogen-bond donors (Lipinski definition) is 1. The Morgan fingerprint density at radius 2 is 2.15 bits per heavy atom. The van der Waals surface area contributed by atoms with E-state index in [4.69, 9.17) is 16.3 Å². The minimum atomic E-state index is -0.440. The van der Waals surface area contributed by atoms with Crippen molar-refractivity contribution in [2.75, 3.05) is 24.6 Å². The van der Waals surface area contributed by atoms with Gasteiger partial charge in [-0.1, -0.05) is 11.6 Å². The van der Waals surface area contributed by atoms with Gasteiger partial charge in [0.15, 0.2) is 0 Å². The van der Waals surface area contributed by atoms with Crippen molar-refractivity contribution < 1.29 is 14.3 Å². The van der Waals surface area contributed by atoms with Crippen LogP contribution in [-0.4, -0.2) is 31.7 Å². The average molecular weight is 297 g/mol. The predicted octanol–water partition coefficient (Wildman–Crippen LogP) is 2.44. The Labute approximate surface area is 122 Å². The first-order valence-corrected chi connectivity index (χ1v) is 6.94. The molecule has 20 heavy (non-hydrogen) atoms. The summed E-state index contributed by atoms with van der Waals surface area (Å²) in [6.45, 7) is 3.12. The fourth-order valence-electron chi connectivity index (χ4n) is 2.20. The summed E-state index contributed by atoms with van der Waals surface area (Å²) in [7, 11) is 0. The molecule has 108 valence electrons. The standard InChI is InChI=1S/C14H17ClN2O3/c1-2-20-14(19)16-8-10-7-13(18)17(9-10)12-5-3-11(15)4-6-12/h3-6,10H,2,7-9H2,1H3,(H,16,19). The second kappa shape index (κ2) is 6.61. The van der Waals surface area contributed by atoms with Gasteiger partial charge in [-0.05, 0) is 31.2 Å². The number of nitrogens with one attached hydrogen (secondary N) is 1. The maximum absolute atomic E-state index is 12.0. The Morgan fingerprint density at radius 1 is 1.45 bits per heavy atom. The smallest absolute Gasteiger partial charge is 0.407 e. The molecule has 0 radical (unpaired) electrons. The van der Waals surface area contributed by atoms with Crippen LogP contribution in [0.2, 0.25) is 5.02 Å². The van der Waals surface area contributed by atoms with Crippen LogP contribution in [0.25, 0.3) is 0 Å². The molecule has 0 aromatic heterocycles. The average Bonchev–Trinajstić information content (AvgIpc) is 2.79. The van der Waals surface area contributed by atoms with Gasteiger partial charge in [-0.2, -0.15) is 0 Å².